The summed E-state index contributed by atoms with van der Waals surface area (Å²) in [6.45, 7) is 7.30. The summed E-state index contributed by atoms with van der Waals surface area (Å²) in [4.78, 5) is 25.4. The van der Waals surface area contributed by atoms with E-state index in [1.165, 1.54) is 30.0 Å². The van der Waals surface area contributed by atoms with Crippen LogP contribution in [-0.4, -0.2) is 24.5 Å². The number of rotatable bonds is 6. The van der Waals surface area contributed by atoms with Crippen LogP contribution < -0.4 is 4.90 Å². The normalized spacial score (nSPS) is 12.1. The lowest BCUT2D eigenvalue weighted by Crippen LogP contribution is -2.45. The summed E-state index contributed by atoms with van der Waals surface area (Å²) in [5, 5.41) is 0. The zero-order valence-electron chi connectivity index (χ0n) is 12.9. The molecule has 0 bridgehead atoms. The fraction of sp³-hybridized carbons (Fsp3) is 0.500. The van der Waals surface area contributed by atoms with Crippen LogP contribution >= 0.6 is 0 Å². The molecule has 0 radical (unpaired) electrons. The van der Waals surface area contributed by atoms with Gasteiger partial charge < -0.3 is 4.74 Å². The van der Waals surface area contributed by atoms with E-state index in [0.29, 0.717) is 18.7 Å². The van der Waals surface area contributed by atoms with E-state index in [1.54, 1.807) is 13.0 Å². The Morgan fingerprint density at radius 3 is 2.48 bits per heavy atom. The molecule has 0 aliphatic rings. The molecule has 0 aliphatic carbocycles. The highest BCUT2D eigenvalue weighted by molar-refractivity contribution is 5.98. The zero-order valence-corrected chi connectivity index (χ0v) is 12.9. The summed E-state index contributed by atoms with van der Waals surface area (Å²) in [5.74, 6) is -1.03. The second kappa shape index (κ2) is 7.76. The van der Waals surface area contributed by atoms with Crippen LogP contribution in [0.1, 0.15) is 34.1 Å². The molecule has 0 N–H and O–H groups in total. The minimum Gasteiger partial charge on any atom is -0.464 e. The molecule has 0 saturated carbocycles. The number of anilines is 1. The van der Waals surface area contributed by atoms with Crippen molar-refractivity contribution in [3.63, 3.8) is 0 Å². The van der Waals surface area contributed by atoms with Crippen LogP contribution in [0.5, 0.6) is 0 Å². The monoisotopic (exact) mass is 295 g/mol. The molecule has 0 aromatic heterocycles. The van der Waals surface area contributed by atoms with Gasteiger partial charge in [0.1, 0.15) is 11.9 Å². The van der Waals surface area contributed by atoms with Gasteiger partial charge in [-0.15, -0.1) is 0 Å². The van der Waals surface area contributed by atoms with Gasteiger partial charge in [0.2, 0.25) is 5.91 Å². The molecule has 21 heavy (non-hydrogen) atoms. The average molecular weight is 295 g/mol. The largest absolute Gasteiger partial charge is 0.464 e. The Hall–Kier alpha value is -1.91. The summed E-state index contributed by atoms with van der Waals surface area (Å²) in [7, 11) is 0. The molecule has 1 aromatic carbocycles. The first-order valence-electron chi connectivity index (χ1n) is 7.08. The van der Waals surface area contributed by atoms with Crippen LogP contribution in [0.4, 0.5) is 10.1 Å². The molecular formula is C16H22FNO3. The highest BCUT2D eigenvalue weighted by atomic mass is 19.1. The maximum absolute atomic E-state index is 13.4. The predicted octanol–water partition coefficient (Wildman–Crippen LogP) is 3.16. The molecule has 4 nitrogen and oxygen atoms in total. The van der Waals surface area contributed by atoms with Crippen molar-refractivity contribution in [1.82, 2.24) is 0 Å². The summed E-state index contributed by atoms with van der Waals surface area (Å²) in [6, 6.07) is 4.89. The second-order valence-corrected chi connectivity index (χ2v) is 5.32. The Morgan fingerprint density at radius 1 is 1.33 bits per heavy atom. The number of carbonyl (C=O) groups is 2. The number of esters is 1. The highest BCUT2D eigenvalue weighted by Gasteiger charge is 2.29. The maximum Gasteiger partial charge on any atom is 0.329 e. The van der Waals surface area contributed by atoms with Gasteiger partial charge in [-0.1, -0.05) is 26.8 Å². The van der Waals surface area contributed by atoms with Crippen molar-refractivity contribution < 1.29 is 18.7 Å². The number of nitrogens with zero attached hydrogens (tertiary/aromatic N) is 1. The molecule has 0 heterocycles. The maximum atomic E-state index is 13.4. The van der Waals surface area contributed by atoms with Gasteiger partial charge in [0.15, 0.2) is 0 Å². The van der Waals surface area contributed by atoms with Crippen molar-refractivity contribution in [2.24, 2.45) is 5.92 Å². The van der Waals surface area contributed by atoms with Gasteiger partial charge in [-0.2, -0.15) is 0 Å². The van der Waals surface area contributed by atoms with Gasteiger partial charge in [0.25, 0.3) is 0 Å². The fourth-order valence-corrected chi connectivity index (χ4v) is 2.01. The summed E-state index contributed by atoms with van der Waals surface area (Å²) < 4.78 is 18.6. The van der Waals surface area contributed by atoms with Crippen LogP contribution in [0.2, 0.25) is 0 Å². The lowest BCUT2D eigenvalue weighted by atomic mass is 10.1. The van der Waals surface area contributed by atoms with E-state index in [9.17, 15) is 14.0 Å². The van der Waals surface area contributed by atoms with Crippen molar-refractivity contribution in [2.45, 2.75) is 40.2 Å². The molecule has 1 amide bonds. The average Bonchev–Trinajstić information content (AvgIpc) is 2.41. The van der Waals surface area contributed by atoms with Gasteiger partial charge in [-0.05, 0) is 30.5 Å². The molecule has 0 spiro atoms. The standard InChI is InChI=1S/C16H22FNO3/c1-5-15(16(20)21-10-11(2)3)18(12(4)19)14-8-6-7-13(17)9-14/h6-9,11,15H,5,10H2,1-4H3. The van der Waals surface area contributed by atoms with Crippen molar-refractivity contribution in [1.29, 1.82) is 0 Å². The van der Waals surface area contributed by atoms with Crippen molar-refractivity contribution in [3.05, 3.63) is 30.1 Å². The topological polar surface area (TPSA) is 46.6 Å². The third-order valence-corrected chi connectivity index (χ3v) is 2.95. The van der Waals surface area contributed by atoms with Crippen LogP contribution in [0.25, 0.3) is 0 Å². The molecule has 0 saturated heterocycles. The predicted molar refractivity (Wildman–Crippen MR) is 79.4 cm³/mol. The van der Waals surface area contributed by atoms with E-state index in [-0.39, 0.29) is 11.8 Å². The first-order valence-corrected chi connectivity index (χ1v) is 7.08. The van der Waals surface area contributed by atoms with Gasteiger partial charge >= 0.3 is 5.97 Å². The lowest BCUT2D eigenvalue weighted by molar-refractivity contribution is -0.147. The van der Waals surface area contributed by atoms with Gasteiger partial charge in [-0.25, -0.2) is 9.18 Å². The quantitative estimate of drug-likeness (QED) is 0.757. The second-order valence-electron chi connectivity index (χ2n) is 5.32. The molecule has 5 heteroatoms. The number of hydrogen-bond acceptors (Lipinski definition) is 3. The third kappa shape index (κ3) is 4.85. The molecule has 1 aromatic rings. The Kier molecular flexibility index (Phi) is 6.34. The summed E-state index contributed by atoms with van der Waals surface area (Å²) in [5.41, 5.74) is 0.357. The van der Waals surface area contributed by atoms with Crippen LogP contribution in [0.15, 0.2) is 24.3 Å². The van der Waals surface area contributed by atoms with E-state index >= 15 is 0 Å². The van der Waals surface area contributed by atoms with Crippen molar-refractivity contribution in [2.75, 3.05) is 11.5 Å². The molecule has 0 aliphatic heterocycles. The molecule has 1 atom stereocenters. The highest BCUT2D eigenvalue weighted by Crippen LogP contribution is 2.21. The number of amides is 1. The Balaban J connectivity index is 3.01. The van der Waals surface area contributed by atoms with E-state index in [1.807, 2.05) is 13.8 Å². The molecule has 1 unspecified atom stereocenters. The van der Waals surface area contributed by atoms with Gasteiger partial charge in [0, 0.05) is 12.6 Å². The zero-order chi connectivity index (χ0) is 16.0. The van der Waals surface area contributed by atoms with E-state index in [0.717, 1.165) is 0 Å². The molecule has 116 valence electrons. The minimum atomic E-state index is -0.747. The van der Waals surface area contributed by atoms with Crippen LogP contribution in [-0.2, 0) is 14.3 Å². The Bertz CT molecular complexity index is 502. The SMILES string of the molecule is CCC(C(=O)OCC(C)C)N(C(C)=O)c1cccc(F)c1. The molecule has 0 fully saturated rings. The smallest absolute Gasteiger partial charge is 0.329 e. The van der Waals surface area contributed by atoms with Crippen molar-refractivity contribution >= 4 is 17.6 Å². The minimum absolute atomic E-state index is 0.214. The number of carbonyl (C=O) groups excluding carboxylic acids is 2. The number of ether oxygens (including phenoxy) is 1. The number of halogens is 1. The summed E-state index contributed by atoms with van der Waals surface area (Å²) in [6.07, 6.45) is 0.396. The van der Waals surface area contributed by atoms with E-state index in [4.69, 9.17) is 4.74 Å². The fourth-order valence-electron chi connectivity index (χ4n) is 2.01. The lowest BCUT2D eigenvalue weighted by Gasteiger charge is -2.29. The van der Waals surface area contributed by atoms with Crippen LogP contribution in [0, 0.1) is 11.7 Å². The third-order valence-electron chi connectivity index (χ3n) is 2.95. The Labute approximate surface area is 124 Å². The first-order chi connectivity index (χ1) is 9.86. The van der Waals surface area contributed by atoms with Crippen LogP contribution in [0.3, 0.4) is 0 Å². The Morgan fingerprint density at radius 2 is 2.00 bits per heavy atom. The number of hydrogen-bond donors (Lipinski definition) is 0. The number of benzene rings is 1. The molecule has 1 rings (SSSR count). The van der Waals surface area contributed by atoms with Crippen molar-refractivity contribution in [3.8, 4) is 0 Å². The van der Waals surface area contributed by atoms with Gasteiger partial charge in [0.05, 0.1) is 6.61 Å². The van der Waals surface area contributed by atoms with E-state index in [2.05, 4.69) is 0 Å². The van der Waals surface area contributed by atoms with E-state index < -0.39 is 17.8 Å². The first kappa shape index (κ1) is 17.1. The summed E-state index contributed by atoms with van der Waals surface area (Å²) >= 11 is 0. The van der Waals surface area contributed by atoms with Gasteiger partial charge in [-0.3, -0.25) is 9.69 Å². The molecular weight excluding hydrogens is 273 g/mol.